The molecule has 1 aromatic rings. The zero-order chi connectivity index (χ0) is 14.5. The van der Waals surface area contributed by atoms with Crippen LogP contribution in [-0.2, 0) is 11.3 Å². The molecular formula is C15H25N3O2. The minimum absolute atomic E-state index is 0.0486. The molecule has 0 aliphatic heterocycles. The van der Waals surface area contributed by atoms with E-state index in [1.165, 1.54) is 0 Å². The second-order valence-corrected chi connectivity index (χ2v) is 5.95. The van der Waals surface area contributed by atoms with Gasteiger partial charge in [-0.1, -0.05) is 20.3 Å². The molecule has 1 heterocycles. The van der Waals surface area contributed by atoms with E-state index in [0.29, 0.717) is 25.4 Å². The molecule has 2 N–H and O–H groups in total. The molecule has 20 heavy (non-hydrogen) atoms. The largest absolute Gasteiger partial charge is 0.393 e. The molecule has 2 unspecified atom stereocenters. The molecule has 5 heteroatoms. The van der Waals surface area contributed by atoms with Crippen LogP contribution in [0.15, 0.2) is 12.4 Å². The van der Waals surface area contributed by atoms with E-state index in [2.05, 4.69) is 24.1 Å². The first kappa shape index (κ1) is 15.0. The summed E-state index contributed by atoms with van der Waals surface area (Å²) < 4.78 is 2.04. The molecule has 2 rings (SSSR count). The highest BCUT2D eigenvalue weighted by atomic mass is 16.3. The van der Waals surface area contributed by atoms with E-state index in [9.17, 15) is 9.90 Å². The lowest BCUT2D eigenvalue weighted by Gasteiger charge is -2.15. The van der Waals surface area contributed by atoms with Gasteiger partial charge >= 0.3 is 0 Å². The summed E-state index contributed by atoms with van der Waals surface area (Å²) in [4.78, 5) is 16.2. The number of nitrogens with zero attached hydrogens (tertiary/aromatic N) is 2. The zero-order valence-corrected chi connectivity index (χ0v) is 12.4. The average Bonchev–Trinajstić information content (AvgIpc) is 3.02. The molecule has 1 fully saturated rings. The van der Waals surface area contributed by atoms with Crippen LogP contribution in [-0.4, -0.2) is 33.2 Å². The number of nitrogens with one attached hydrogen (secondary N) is 1. The summed E-state index contributed by atoms with van der Waals surface area (Å²) in [7, 11) is 0. The SMILES string of the molecule is CC(C)c1nccn1CCC(=O)NCC1CCCC1O. The standard InChI is InChI=1S/C15H25N3O2/c1-11(2)15-16-7-9-18(15)8-6-14(20)17-10-12-4-3-5-13(12)19/h7,9,11-13,19H,3-6,8,10H2,1-2H3,(H,17,20). The Morgan fingerprint density at radius 2 is 2.35 bits per heavy atom. The smallest absolute Gasteiger partial charge is 0.221 e. The number of rotatable bonds is 6. The van der Waals surface area contributed by atoms with Gasteiger partial charge in [-0.15, -0.1) is 0 Å². The van der Waals surface area contributed by atoms with Crippen molar-refractivity contribution in [1.82, 2.24) is 14.9 Å². The number of aliphatic hydroxyl groups is 1. The summed E-state index contributed by atoms with van der Waals surface area (Å²) in [6, 6.07) is 0. The Kier molecular flexibility index (Phi) is 5.17. The molecular weight excluding hydrogens is 254 g/mol. The molecule has 112 valence electrons. The average molecular weight is 279 g/mol. The van der Waals surface area contributed by atoms with Crippen molar-refractivity contribution >= 4 is 5.91 Å². The highest BCUT2D eigenvalue weighted by Crippen LogP contribution is 2.24. The van der Waals surface area contributed by atoms with Gasteiger partial charge in [0, 0.05) is 43.7 Å². The summed E-state index contributed by atoms with van der Waals surface area (Å²) >= 11 is 0. The molecule has 1 aromatic heterocycles. The van der Waals surface area contributed by atoms with Crippen molar-refractivity contribution in [1.29, 1.82) is 0 Å². The molecule has 1 amide bonds. The topological polar surface area (TPSA) is 67.2 Å². The first-order chi connectivity index (χ1) is 9.58. The molecule has 5 nitrogen and oxygen atoms in total. The predicted molar refractivity (Wildman–Crippen MR) is 77.3 cm³/mol. The minimum atomic E-state index is -0.239. The monoisotopic (exact) mass is 279 g/mol. The molecule has 0 saturated heterocycles. The number of aliphatic hydroxyl groups excluding tert-OH is 1. The van der Waals surface area contributed by atoms with Crippen LogP contribution in [0.2, 0.25) is 0 Å². The van der Waals surface area contributed by atoms with E-state index in [1.807, 2.05) is 10.8 Å². The maximum absolute atomic E-state index is 11.9. The van der Waals surface area contributed by atoms with E-state index in [-0.39, 0.29) is 17.9 Å². The molecule has 0 aromatic carbocycles. The Morgan fingerprint density at radius 1 is 1.55 bits per heavy atom. The van der Waals surface area contributed by atoms with E-state index < -0.39 is 0 Å². The van der Waals surface area contributed by atoms with Crippen molar-refractivity contribution in [2.45, 2.75) is 58.1 Å². The third-order valence-corrected chi connectivity index (χ3v) is 4.02. The Hall–Kier alpha value is -1.36. The minimum Gasteiger partial charge on any atom is -0.393 e. The Morgan fingerprint density at radius 3 is 3.00 bits per heavy atom. The van der Waals surface area contributed by atoms with Crippen LogP contribution < -0.4 is 5.32 Å². The number of amides is 1. The van der Waals surface area contributed by atoms with Crippen LogP contribution >= 0.6 is 0 Å². The molecule has 0 radical (unpaired) electrons. The second-order valence-electron chi connectivity index (χ2n) is 5.95. The third-order valence-electron chi connectivity index (χ3n) is 4.02. The molecule has 0 bridgehead atoms. The number of hydrogen-bond donors (Lipinski definition) is 2. The van der Waals surface area contributed by atoms with Gasteiger partial charge in [-0.3, -0.25) is 4.79 Å². The van der Waals surface area contributed by atoms with Crippen molar-refractivity contribution in [2.75, 3.05) is 6.54 Å². The third kappa shape index (κ3) is 3.82. The lowest BCUT2D eigenvalue weighted by atomic mass is 10.1. The first-order valence-electron chi connectivity index (χ1n) is 7.53. The summed E-state index contributed by atoms with van der Waals surface area (Å²) in [6.45, 7) is 5.45. The van der Waals surface area contributed by atoms with Crippen molar-refractivity contribution in [3.63, 3.8) is 0 Å². The van der Waals surface area contributed by atoms with Gasteiger partial charge < -0.3 is 15.0 Å². The Balaban J connectivity index is 1.73. The number of aromatic nitrogens is 2. The first-order valence-corrected chi connectivity index (χ1v) is 7.53. The summed E-state index contributed by atoms with van der Waals surface area (Å²) in [5, 5.41) is 12.6. The fourth-order valence-electron chi connectivity index (χ4n) is 2.82. The highest BCUT2D eigenvalue weighted by molar-refractivity contribution is 5.75. The maximum Gasteiger partial charge on any atom is 0.221 e. The van der Waals surface area contributed by atoms with Gasteiger partial charge in [0.2, 0.25) is 5.91 Å². The number of carbonyl (C=O) groups excluding carboxylic acids is 1. The molecule has 0 spiro atoms. The van der Waals surface area contributed by atoms with Gasteiger partial charge in [-0.2, -0.15) is 0 Å². The Bertz CT molecular complexity index is 442. The van der Waals surface area contributed by atoms with Crippen molar-refractivity contribution in [3.05, 3.63) is 18.2 Å². The van der Waals surface area contributed by atoms with Crippen molar-refractivity contribution < 1.29 is 9.90 Å². The van der Waals surface area contributed by atoms with E-state index in [4.69, 9.17) is 0 Å². The van der Waals surface area contributed by atoms with Gasteiger partial charge in [-0.25, -0.2) is 4.98 Å². The fourth-order valence-corrected chi connectivity index (χ4v) is 2.82. The summed E-state index contributed by atoms with van der Waals surface area (Å²) in [6.07, 6.45) is 6.86. The van der Waals surface area contributed by atoms with Gasteiger partial charge in [0.1, 0.15) is 5.82 Å². The Labute approximate surface area is 120 Å². The predicted octanol–water partition coefficient (Wildman–Crippen LogP) is 1.67. The van der Waals surface area contributed by atoms with Crippen LogP contribution in [0.1, 0.15) is 51.3 Å². The fraction of sp³-hybridized carbons (Fsp3) is 0.733. The lowest BCUT2D eigenvalue weighted by Crippen LogP contribution is -2.32. The summed E-state index contributed by atoms with van der Waals surface area (Å²) in [5.74, 6) is 1.66. The quantitative estimate of drug-likeness (QED) is 0.832. The number of aryl methyl sites for hydroxylation is 1. The lowest BCUT2D eigenvalue weighted by molar-refractivity contribution is -0.121. The number of imidazole rings is 1. The zero-order valence-electron chi connectivity index (χ0n) is 12.4. The van der Waals surface area contributed by atoms with Crippen molar-refractivity contribution in [3.8, 4) is 0 Å². The maximum atomic E-state index is 11.9. The van der Waals surface area contributed by atoms with E-state index in [0.717, 1.165) is 25.1 Å². The van der Waals surface area contributed by atoms with Crippen molar-refractivity contribution in [2.24, 2.45) is 5.92 Å². The van der Waals surface area contributed by atoms with E-state index in [1.54, 1.807) is 6.20 Å². The van der Waals surface area contributed by atoms with E-state index >= 15 is 0 Å². The van der Waals surface area contributed by atoms with Crippen LogP contribution in [0.5, 0.6) is 0 Å². The van der Waals surface area contributed by atoms with Crippen LogP contribution in [0.25, 0.3) is 0 Å². The van der Waals surface area contributed by atoms with Crippen LogP contribution in [0, 0.1) is 5.92 Å². The van der Waals surface area contributed by atoms with Crippen LogP contribution in [0.4, 0.5) is 0 Å². The molecule has 1 saturated carbocycles. The summed E-state index contributed by atoms with van der Waals surface area (Å²) in [5.41, 5.74) is 0. The molecule has 1 aliphatic carbocycles. The molecule has 2 atom stereocenters. The normalized spacial score (nSPS) is 22.4. The van der Waals surface area contributed by atoms with Gasteiger partial charge in [-0.05, 0) is 12.8 Å². The molecule has 1 aliphatic rings. The number of carbonyl (C=O) groups is 1. The highest BCUT2D eigenvalue weighted by Gasteiger charge is 2.25. The van der Waals surface area contributed by atoms with Gasteiger partial charge in [0.15, 0.2) is 0 Å². The number of hydrogen-bond acceptors (Lipinski definition) is 3. The second kappa shape index (κ2) is 6.88. The van der Waals surface area contributed by atoms with Crippen LogP contribution in [0.3, 0.4) is 0 Å². The van der Waals surface area contributed by atoms with Gasteiger partial charge in [0.25, 0.3) is 0 Å². The van der Waals surface area contributed by atoms with Gasteiger partial charge in [0.05, 0.1) is 6.10 Å².